The van der Waals surface area contributed by atoms with E-state index in [1.807, 2.05) is 6.92 Å². The molecule has 0 atom stereocenters. The number of carbonyl (C=O) groups excluding carboxylic acids is 1. The Kier molecular flexibility index (Phi) is 3.65. The van der Waals surface area contributed by atoms with Gasteiger partial charge in [-0.15, -0.1) is 0 Å². The molecule has 1 heterocycles. The molecule has 0 aromatic carbocycles. The summed E-state index contributed by atoms with van der Waals surface area (Å²) in [5.74, 6) is -0.940. The van der Waals surface area contributed by atoms with Crippen LogP contribution in [0.1, 0.15) is 13.3 Å². The van der Waals surface area contributed by atoms with Crippen molar-refractivity contribution in [3.8, 4) is 0 Å². The van der Waals surface area contributed by atoms with Crippen molar-refractivity contribution >= 4 is 5.91 Å². The molecule has 0 saturated carbocycles. The Labute approximate surface area is 77.0 Å². The minimum absolute atomic E-state index is 0.374. The number of carbonyl (C=O) groups is 1. The smallest absolute Gasteiger partial charge is 0.245 e. The third kappa shape index (κ3) is 3.30. The van der Waals surface area contributed by atoms with Gasteiger partial charge in [0, 0.05) is 13.0 Å². The summed E-state index contributed by atoms with van der Waals surface area (Å²) in [6.07, 6.45) is 0.596. The Bertz CT molecular complexity index is 177. The topological polar surface area (TPSA) is 67.8 Å². The quantitative estimate of drug-likeness (QED) is 0.610. The molecule has 1 aliphatic heterocycles. The first-order chi connectivity index (χ1) is 6.16. The molecule has 1 saturated heterocycles. The second-order valence-corrected chi connectivity index (χ2v) is 3.09. The lowest BCUT2D eigenvalue weighted by molar-refractivity contribution is -0.146. The molecule has 0 spiro atoms. The van der Waals surface area contributed by atoms with E-state index in [1.165, 1.54) is 0 Å². The van der Waals surface area contributed by atoms with Gasteiger partial charge in [0.25, 0.3) is 0 Å². The number of rotatable bonds is 4. The van der Waals surface area contributed by atoms with Crippen molar-refractivity contribution < 1.29 is 19.4 Å². The third-order valence-electron chi connectivity index (χ3n) is 1.94. The van der Waals surface area contributed by atoms with Gasteiger partial charge in [0.2, 0.25) is 5.91 Å². The standard InChI is InChI=1S/C8H15NO4/c1-8(12-4-5-13-8)2-3-9-7(11)6-10/h10H,2-6H2,1H3,(H,9,11). The zero-order valence-electron chi connectivity index (χ0n) is 7.71. The average Bonchev–Trinajstić information content (AvgIpc) is 2.52. The first-order valence-corrected chi connectivity index (χ1v) is 4.32. The van der Waals surface area contributed by atoms with Crippen LogP contribution in [0.25, 0.3) is 0 Å². The molecule has 2 N–H and O–H groups in total. The van der Waals surface area contributed by atoms with Gasteiger partial charge in [-0.1, -0.05) is 0 Å². The number of hydrogen-bond acceptors (Lipinski definition) is 4. The van der Waals surface area contributed by atoms with Crippen LogP contribution in [0.4, 0.5) is 0 Å². The van der Waals surface area contributed by atoms with Gasteiger partial charge < -0.3 is 19.9 Å². The van der Waals surface area contributed by atoms with Gasteiger partial charge in [0.15, 0.2) is 5.79 Å². The van der Waals surface area contributed by atoms with Crippen LogP contribution >= 0.6 is 0 Å². The Morgan fingerprint density at radius 3 is 2.69 bits per heavy atom. The average molecular weight is 189 g/mol. The molecule has 5 nitrogen and oxygen atoms in total. The normalized spacial score (nSPS) is 20.2. The van der Waals surface area contributed by atoms with E-state index in [0.717, 1.165) is 0 Å². The highest BCUT2D eigenvalue weighted by Gasteiger charge is 2.30. The zero-order valence-corrected chi connectivity index (χ0v) is 7.71. The van der Waals surface area contributed by atoms with Gasteiger partial charge in [-0.25, -0.2) is 0 Å². The van der Waals surface area contributed by atoms with Crippen molar-refractivity contribution in [2.75, 3.05) is 26.4 Å². The van der Waals surface area contributed by atoms with Crippen LogP contribution in [-0.4, -0.2) is 43.2 Å². The van der Waals surface area contributed by atoms with E-state index < -0.39 is 12.4 Å². The Hall–Kier alpha value is -0.650. The fourth-order valence-electron chi connectivity index (χ4n) is 1.19. The first kappa shape index (κ1) is 10.4. The van der Waals surface area contributed by atoms with E-state index in [-0.39, 0.29) is 5.91 Å². The lowest BCUT2D eigenvalue weighted by atomic mass is 10.2. The van der Waals surface area contributed by atoms with E-state index in [0.29, 0.717) is 26.2 Å². The molecular formula is C8H15NO4. The van der Waals surface area contributed by atoms with Crippen molar-refractivity contribution in [2.45, 2.75) is 19.1 Å². The molecule has 0 unspecified atom stereocenters. The number of ether oxygens (including phenoxy) is 2. The molecule has 0 aliphatic carbocycles. The van der Waals surface area contributed by atoms with Crippen molar-refractivity contribution in [1.29, 1.82) is 0 Å². The maximum Gasteiger partial charge on any atom is 0.245 e. The minimum atomic E-state index is -0.567. The van der Waals surface area contributed by atoms with Crippen LogP contribution in [0.2, 0.25) is 0 Å². The van der Waals surface area contributed by atoms with Gasteiger partial charge in [-0.05, 0) is 6.92 Å². The van der Waals surface area contributed by atoms with Crippen molar-refractivity contribution in [1.82, 2.24) is 5.32 Å². The van der Waals surface area contributed by atoms with Gasteiger partial charge in [-0.3, -0.25) is 4.79 Å². The molecule has 0 aromatic rings. The maximum atomic E-state index is 10.6. The van der Waals surface area contributed by atoms with Crippen LogP contribution in [0, 0.1) is 0 Å². The van der Waals surface area contributed by atoms with Crippen LogP contribution < -0.4 is 5.32 Å². The molecule has 0 aromatic heterocycles. The summed E-state index contributed by atoms with van der Waals surface area (Å²) >= 11 is 0. The van der Waals surface area contributed by atoms with Gasteiger partial charge in [-0.2, -0.15) is 0 Å². The second kappa shape index (κ2) is 4.55. The molecule has 1 amide bonds. The lowest BCUT2D eigenvalue weighted by Crippen LogP contribution is -2.34. The number of aliphatic hydroxyl groups is 1. The van der Waals surface area contributed by atoms with Crippen molar-refractivity contribution in [3.63, 3.8) is 0 Å². The van der Waals surface area contributed by atoms with Gasteiger partial charge in [0.1, 0.15) is 6.61 Å². The van der Waals surface area contributed by atoms with Crippen LogP contribution in [0.5, 0.6) is 0 Å². The summed E-state index contributed by atoms with van der Waals surface area (Å²) in [5, 5.41) is 11.0. The van der Waals surface area contributed by atoms with Crippen LogP contribution in [0.15, 0.2) is 0 Å². The lowest BCUT2D eigenvalue weighted by Gasteiger charge is -2.21. The number of hydrogen-bond donors (Lipinski definition) is 2. The molecule has 1 fully saturated rings. The summed E-state index contributed by atoms with van der Waals surface area (Å²) in [5.41, 5.74) is 0. The van der Waals surface area contributed by atoms with Gasteiger partial charge in [0.05, 0.1) is 13.2 Å². The second-order valence-electron chi connectivity index (χ2n) is 3.09. The highest BCUT2D eigenvalue weighted by Crippen LogP contribution is 2.21. The first-order valence-electron chi connectivity index (χ1n) is 4.32. The SMILES string of the molecule is CC1(CCNC(=O)CO)OCCO1. The molecule has 13 heavy (non-hydrogen) atoms. The largest absolute Gasteiger partial charge is 0.387 e. The predicted molar refractivity (Wildman–Crippen MR) is 45.0 cm³/mol. The molecule has 1 rings (SSSR count). The highest BCUT2D eigenvalue weighted by atomic mass is 16.7. The summed E-state index contributed by atoms with van der Waals surface area (Å²) in [7, 11) is 0. The van der Waals surface area contributed by atoms with E-state index in [1.54, 1.807) is 0 Å². The fourth-order valence-corrected chi connectivity index (χ4v) is 1.19. The Morgan fingerprint density at radius 1 is 1.54 bits per heavy atom. The third-order valence-corrected chi connectivity index (χ3v) is 1.94. The van der Waals surface area contributed by atoms with E-state index in [2.05, 4.69) is 5.32 Å². The summed E-state index contributed by atoms with van der Waals surface area (Å²) in [6, 6.07) is 0. The van der Waals surface area contributed by atoms with Crippen molar-refractivity contribution in [2.24, 2.45) is 0 Å². The Morgan fingerprint density at radius 2 is 2.15 bits per heavy atom. The minimum Gasteiger partial charge on any atom is -0.387 e. The number of amides is 1. The molecule has 0 radical (unpaired) electrons. The highest BCUT2D eigenvalue weighted by molar-refractivity contribution is 5.76. The summed E-state index contributed by atoms with van der Waals surface area (Å²) < 4.78 is 10.6. The number of nitrogens with one attached hydrogen (secondary N) is 1. The maximum absolute atomic E-state index is 10.6. The molecule has 5 heteroatoms. The molecule has 1 aliphatic rings. The number of aliphatic hydroxyl groups excluding tert-OH is 1. The van der Waals surface area contributed by atoms with E-state index >= 15 is 0 Å². The predicted octanol–water partition coefficient (Wildman–Crippen LogP) is -0.752. The zero-order chi connectivity index (χ0) is 9.73. The molecule has 0 bridgehead atoms. The van der Waals surface area contributed by atoms with Crippen LogP contribution in [-0.2, 0) is 14.3 Å². The molecular weight excluding hydrogens is 174 g/mol. The van der Waals surface area contributed by atoms with Gasteiger partial charge >= 0.3 is 0 Å². The summed E-state index contributed by atoms with van der Waals surface area (Å²) in [6.45, 7) is 3.02. The van der Waals surface area contributed by atoms with Crippen LogP contribution in [0.3, 0.4) is 0 Å². The molecule has 76 valence electrons. The summed E-state index contributed by atoms with van der Waals surface area (Å²) in [4.78, 5) is 10.6. The van der Waals surface area contributed by atoms with E-state index in [9.17, 15) is 4.79 Å². The van der Waals surface area contributed by atoms with E-state index in [4.69, 9.17) is 14.6 Å². The fraction of sp³-hybridized carbons (Fsp3) is 0.875. The monoisotopic (exact) mass is 189 g/mol. The van der Waals surface area contributed by atoms with Crippen molar-refractivity contribution in [3.05, 3.63) is 0 Å². The Balaban J connectivity index is 2.14.